The topological polar surface area (TPSA) is 63.4 Å². The van der Waals surface area contributed by atoms with Crippen molar-refractivity contribution < 1.29 is 8.42 Å². The Morgan fingerprint density at radius 1 is 1.38 bits per heavy atom. The van der Waals surface area contributed by atoms with Gasteiger partial charge in [-0.2, -0.15) is 0 Å². The molecule has 1 fully saturated rings. The molecular weight excluding hydrogens is 244 g/mol. The lowest BCUT2D eigenvalue weighted by Crippen LogP contribution is -2.42. The molecule has 0 atom stereocenters. The van der Waals surface area contributed by atoms with Gasteiger partial charge in [-0.15, -0.1) is 0 Å². The van der Waals surface area contributed by atoms with E-state index in [2.05, 4.69) is 19.1 Å². The van der Waals surface area contributed by atoms with Gasteiger partial charge in [0, 0.05) is 13.1 Å². The van der Waals surface area contributed by atoms with Gasteiger partial charge in [0.15, 0.2) is 0 Å². The zero-order chi connectivity index (χ0) is 12.3. The maximum Gasteiger partial charge on any atom is 0.220 e. The van der Waals surface area contributed by atoms with Crippen LogP contribution in [-0.2, 0) is 10.0 Å². The molecular formula is C10H20N2O2S2. The Morgan fingerprint density at radius 3 is 2.31 bits per heavy atom. The Labute approximate surface area is 103 Å². The molecule has 0 saturated heterocycles. The number of nitrogens with two attached hydrogens (primary N) is 1. The van der Waals surface area contributed by atoms with E-state index < -0.39 is 10.0 Å². The highest BCUT2D eigenvalue weighted by molar-refractivity contribution is 7.92. The number of nitrogens with zero attached hydrogens (tertiary/aromatic N) is 1. The highest BCUT2D eigenvalue weighted by atomic mass is 32.2. The van der Waals surface area contributed by atoms with Gasteiger partial charge < -0.3 is 5.73 Å². The molecule has 1 aliphatic rings. The van der Waals surface area contributed by atoms with E-state index in [1.165, 1.54) is 4.31 Å². The number of rotatable bonds is 4. The summed E-state index contributed by atoms with van der Waals surface area (Å²) >= 11 is 4.65. The van der Waals surface area contributed by atoms with Crippen molar-refractivity contribution in [2.24, 2.45) is 11.7 Å². The molecule has 0 aliphatic heterocycles. The maximum atomic E-state index is 11.9. The van der Waals surface area contributed by atoms with Crippen LogP contribution >= 0.6 is 12.2 Å². The summed E-state index contributed by atoms with van der Waals surface area (Å²) in [7, 11) is -1.68. The van der Waals surface area contributed by atoms with Crippen molar-refractivity contribution in [1.82, 2.24) is 4.31 Å². The summed E-state index contributed by atoms with van der Waals surface area (Å²) in [5.41, 5.74) is 5.29. The van der Waals surface area contributed by atoms with Gasteiger partial charge >= 0.3 is 0 Å². The van der Waals surface area contributed by atoms with Crippen LogP contribution < -0.4 is 5.73 Å². The highest BCUT2D eigenvalue weighted by Gasteiger charge is 2.29. The largest absolute Gasteiger partial charge is 0.392 e. The summed E-state index contributed by atoms with van der Waals surface area (Å²) in [6.45, 7) is 2.21. The summed E-state index contributed by atoms with van der Waals surface area (Å²) in [6.07, 6.45) is 4.07. The first-order valence-electron chi connectivity index (χ1n) is 5.57. The van der Waals surface area contributed by atoms with E-state index in [1.807, 2.05) is 0 Å². The first kappa shape index (κ1) is 13.9. The molecule has 6 heteroatoms. The van der Waals surface area contributed by atoms with Crippen molar-refractivity contribution in [3.8, 4) is 0 Å². The third-order valence-electron chi connectivity index (χ3n) is 3.26. The van der Waals surface area contributed by atoms with Crippen LogP contribution in [0.25, 0.3) is 0 Å². The molecule has 0 amide bonds. The molecule has 94 valence electrons. The van der Waals surface area contributed by atoms with Crippen LogP contribution in [0.5, 0.6) is 0 Å². The predicted octanol–water partition coefficient (Wildman–Crippen LogP) is 1.11. The first-order chi connectivity index (χ1) is 7.33. The van der Waals surface area contributed by atoms with Crippen LogP contribution in [0.3, 0.4) is 0 Å². The first-order valence-corrected chi connectivity index (χ1v) is 7.58. The summed E-state index contributed by atoms with van der Waals surface area (Å²) < 4.78 is 25.2. The molecule has 0 radical (unpaired) electrons. The predicted molar refractivity (Wildman–Crippen MR) is 69.8 cm³/mol. The number of sulfonamides is 1. The Kier molecular flexibility index (Phi) is 4.70. The third-order valence-corrected chi connectivity index (χ3v) is 5.44. The second kappa shape index (κ2) is 5.42. The van der Waals surface area contributed by atoms with Gasteiger partial charge in [-0.05, 0) is 31.6 Å². The lowest BCUT2D eigenvalue weighted by Gasteiger charge is -2.32. The fraction of sp³-hybridized carbons (Fsp3) is 0.900. The van der Waals surface area contributed by atoms with E-state index in [0.717, 1.165) is 25.7 Å². The minimum absolute atomic E-state index is 0.0380. The van der Waals surface area contributed by atoms with E-state index in [9.17, 15) is 8.42 Å². The van der Waals surface area contributed by atoms with Crippen molar-refractivity contribution in [1.29, 1.82) is 0 Å². The van der Waals surface area contributed by atoms with Crippen LogP contribution in [0.2, 0.25) is 0 Å². The van der Waals surface area contributed by atoms with Gasteiger partial charge in [-0.25, -0.2) is 12.7 Å². The maximum absolute atomic E-state index is 11.9. The molecule has 0 aromatic carbocycles. The zero-order valence-corrected chi connectivity index (χ0v) is 11.5. The fourth-order valence-electron chi connectivity index (χ4n) is 2.11. The smallest absolute Gasteiger partial charge is 0.220 e. The molecule has 1 rings (SSSR count). The molecule has 2 N–H and O–H groups in total. The fourth-order valence-corrected chi connectivity index (χ4v) is 3.79. The molecule has 0 aromatic rings. The van der Waals surface area contributed by atoms with Crippen LogP contribution in [-0.4, -0.2) is 36.6 Å². The molecule has 16 heavy (non-hydrogen) atoms. The molecule has 0 bridgehead atoms. The summed E-state index contributed by atoms with van der Waals surface area (Å²) in [6, 6.07) is 0.121. The molecule has 1 aliphatic carbocycles. The van der Waals surface area contributed by atoms with Crippen molar-refractivity contribution >= 4 is 27.2 Å². The van der Waals surface area contributed by atoms with Crippen molar-refractivity contribution in [2.45, 2.75) is 38.6 Å². The SMILES string of the molecule is CC1CCC(N(C)S(=O)(=O)CC(N)=S)CC1. The van der Waals surface area contributed by atoms with Crippen molar-refractivity contribution in [3.05, 3.63) is 0 Å². The second-order valence-electron chi connectivity index (χ2n) is 4.65. The van der Waals surface area contributed by atoms with E-state index in [1.54, 1.807) is 7.05 Å². The van der Waals surface area contributed by atoms with Gasteiger partial charge in [-0.3, -0.25) is 0 Å². The summed E-state index contributed by atoms with van der Waals surface area (Å²) in [5.74, 6) is 0.494. The quantitative estimate of drug-likeness (QED) is 0.773. The molecule has 4 nitrogen and oxygen atoms in total. The van der Waals surface area contributed by atoms with Crippen LogP contribution in [0.15, 0.2) is 0 Å². The van der Waals surface area contributed by atoms with Crippen LogP contribution in [0, 0.1) is 5.92 Å². The lowest BCUT2D eigenvalue weighted by atomic mass is 9.87. The van der Waals surface area contributed by atoms with E-state index in [0.29, 0.717) is 5.92 Å². The Bertz CT molecular complexity index is 346. The molecule has 0 unspecified atom stereocenters. The average Bonchev–Trinajstić information content (AvgIpc) is 2.16. The number of thiocarbonyl (C=S) groups is 1. The van der Waals surface area contributed by atoms with Gasteiger partial charge in [0.2, 0.25) is 10.0 Å². The van der Waals surface area contributed by atoms with Gasteiger partial charge in [0.25, 0.3) is 0 Å². The molecule has 0 heterocycles. The normalized spacial score (nSPS) is 26.9. The van der Waals surface area contributed by atoms with Crippen LogP contribution in [0.1, 0.15) is 32.6 Å². The monoisotopic (exact) mass is 264 g/mol. The zero-order valence-electron chi connectivity index (χ0n) is 9.85. The van der Waals surface area contributed by atoms with E-state index in [-0.39, 0.29) is 16.8 Å². The van der Waals surface area contributed by atoms with E-state index >= 15 is 0 Å². The third kappa shape index (κ3) is 3.68. The second-order valence-corrected chi connectivity index (χ2v) is 7.21. The number of hydrogen-bond acceptors (Lipinski definition) is 3. The van der Waals surface area contributed by atoms with Crippen molar-refractivity contribution in [2.75, 3.05) is 12.8 Å². The Hall–Kier alpha value is -0.200. The minimum Gasteiger partial charge on any atom is -0.392 e. The Morgan fingerprint density at radius 2 is 1.88 bits per heavy atom. The molecule has 0 aromatic heterocycles. The number of hydrogen-bond donors (Lipinski definition) is 1. The van der Waals surface area contributed by atoms with Crippen LogP contribution in [0.4, 0.5) is 0 Å². The molecule has 0 spiro atoms. The Balaban J connectivity index is 2.63. The summed E-state index contributed by atoms with van der Waals surface area (Å²) in [4.78, 5) is 0.0380. The molecule has 1 saturated carbocycles. The van der Waals surface area contributed by atoms with Crippen molar-refractivity contribution in [3.63, 3.8) is 0 Å². The highest BCUT2D eigenvalue weighted by Crippen LogP contribution is 2.27. The van der Waals surface area contributed by atoms with Gasteiger partial charge in [0.05, 0.1) is 4.99 Å². The minimum atomic E-state index is -3.31. The van der Waals surface area contributed by atoms with E-state index in [4.69, 9.17) is 5.73 Å². The average molecular weight is 264 g/mol. The van der Waals surface area contributed by atoms with Gasteiger partial charge in [-0.1, -0.05) is 19.1 Å². The summed E-state index contributed by atoms with van der Waals surface area (Å²) in [5, 5.41) is 0. The van der Waals surface area contributed by atoms with Gasteiger partial charge in [0.1, 0.15) is 5.75 Å². The lowest BCUT2D eigenvalue weighted by molar-refractivity contribution is 0.246. The standard InChI is InChI=1S/C10H20N2O2S2/c1-8-3-5-9(6-4-8)12(2)16(13,14)7-10(11)15/h8-9H,3-7H2,1-2H3,(H2,11,15).